The van der Waals surface area contributed by atoms with Crippen molar-refractivity contribution in [3.05, 3.63) is 34.2 Å². The first-order valence-corrected chi connectivity index (χ1v) is 8.14. The maximum absolute atomic E-state index is 12.8. The van der Waals surface area contributed by atoms with E-state index in [9.17, 15) is 9.59 Å². The molecule has 1 saturated heterocycles. The van der Waals surface area contributed by atoms with E-state index in [-0.39, 0.29) is 11.5 Å². The van der Waals surface area contributed by atoms with E-state index in [0.717, 1.165) is 19.4 Å². The van der Waals surface area contributed by atoms with Crippen LogP contribution in [0.2, 0.25) is 0 Å². The van der Waals surface area contributed by atoms with Gasteiger partial charge in [0.05, 0.1) is 5.56 Å². The molecule has 0 unspecified atom stereocenters. The lowest BCUT2D eigenvalue weighted by molar-refractivity contribution is 0.0660. The number of nitrogens with zero attached hydrogens (tertiary/aromatic N) is 2. The number of rotatable bonds is 2. The zero-order chi connectivity index (χ0) is 14.8. The Morgan fingerprint density at radius 3 is 2.57 bits per heavy atom. The average molecular weight is 288 g/mol. The lowest BCUT2D eigenvalue weighted by Crippen LogP contribution is -2.41. The molecule has 1 aliphatic carbocycles. The smallest absolute Gasteiger partial charge is 0.255 e. The normalized spacial score (nSPS) is 23.5. The minimum atomic E-state index is -0.0724. The fraction of sp³-hybridized carbons (Fsp3) is 0.647. The number of aryl methyl sites for hydroxylation is 1. The summed E-state index contributed by atoms with van der Waals surface area (Å²) in [6, 6.07) is 3.56. The summed E-state index contributed by atoms with van der Waals surface area (Å²) in [7, 11) is 1.70. The number of hydrogen-bond acceptors (Lipinski definition) is 2. The standard InChI is InChI=1S/C17H24N2O2/c1-18-12-14(9-10-16(18)20)17(21)19-11-5-8-15(19)13-6-3-2-4-7-13/h9-10,12-13,15H,2-8,11H2,1H3/t15-/m0/s1. The fourth-order valence-corrected chi connectivity index (χ4v) is 3.94. The molecule has 1 saturated carbocycles. The van der Waals surface area contributed by atoms with Crippen LogP contribution in [0.1, 0.15) is 55.3 Å². The molecule has 2 heterocycles. The van der Waals surface area contributed by atoms with E-state index in [1.54, 1.807) is 19.3 Å². The molecule has 1 aliphatic heterocycles. The Labute approximate surface area is 125 Å². The summed E-state index contributed by atoms with van der Waals surface area (Å²) in [5, 5.41) is 0. The molecule has 1 aromatic heterocycles. The molecule has 2 fully saturated rings. The first-order valence-electron chi connectivity index (χ1n) is 8.14. The van der Waals surface area contributed by atoms with Crippen molar-refractivity contribution in [2.45, 2.75) is 51.0 Å². The second-order valence-corrected chi connectivity index (χ2v) is 6.47. The first-order chi connectivity index (χ1) is 10.2. The summed E-state index contributed by atoms with van der Waals surface area (Å²) in [5.41, 5.74) is 0.566. The first kappa shape index (κ1) is 14.4. The van der Waals surface area contributed by atoms with Crippen LogP contribution in [0.25, 0.3) is 0 Å². The van der Waals surface area contributed by atoms with E-state index >= 15 is 0 Å². The highest BCUT2D eigenvalue weighted by molar-refractivity contribution is 5.94. The Kier molecular flexibility index (Phi) is 4.13. The van der Waals surface area contributed by atoms with Crippen LogP contribution in [-0.4, -0.2) is 28.0 Å². The van der Waals surface area contributed by atoms with Crippen LogP contribution < -0.4 is 5.56 Å². The molecule has 21 heavy (non-hydrogen) atoms. The van der Waals surface area contributed by atoms with Gasteiger partial charge in [-0.2, -0.15) is 0 Å². The third kappa shape index (κ3) is 2.89. The van der Waals surface area contributed by atoms with Crippen molar-refractivity contribution in [3.8, 4) is 0 Å². The summed E-state index contributed by atoms with van der Waals surface area (Å²) >= 11 is 0. The molecule has 1 atom stereocenters. The molecular formula is C17H24N2O2. The fourth-order valence-electron chi connectivity index (χ4n) is 3.94. The van der Waals surface area contributed by atoms with Crippen molar-refractivity contribution in [2.75, 3.05) is 6.54 Å². The molecule has 0 N–H and O–H groups in total. The molecule has 114 valence electrons. The summed E-state index contributed by atoms with van der Waals surface area (Å²) in [6.07, 6.45) is 10.4. The lowest BCUT2D eigenvalue weighted by Gasteiger charge is -2.34. The van der Waals surface area contributed by atoms with Gasteiger partial charge in [-0.05, 0) is 37.7 Å². The minimum Gasteiger partial charge on any atom is -0.335 e. The third-order valence-corrected chi connectivity index (χ3v) is 5.09. The van der Waals surface area contributed by atoms with Crippen molar-refractivity contribution >= 4 is 5.91 Å². The van der Waals surface area contributed by atoms with Crippen LogP contribution in [-0.2, 0) is 7.05 Å². The Morgan fingerprint density at radius 1 is 1.10 bits per heavy atom. The number of pyridine rings is 1. The number of carbonyl (C=O) groups is 1. The molecule has 1 aromatic rings. The molecule has 0 aromatic carbocycles. The molecule has 0 radical (unpaired) electrons. The monoisotopic (exact) mass is 288 g/mol. The number of amides is 1. The van der Waals surface area contributed by atoms with Crippen molar-refractivity contribution < 1.29 is 4.79 Å². The van der Waals surface area contributed by atoms with E-state index in [1.165, 1.54) is 42.7 Å². The Bertz CT molecular complexity index is 572. The van der Waals surface area contributed by atoms with Crippen LogP contribution in [0.5, 0.6) is 0 Å². The topological polar surface area (TPSA) is 42.3 Å². The molecule has 4 heteroatoms. The van der Waals surface area contributed by atoms with Gasteiger partial charge in [-0.3, -0.25) is 9.59 Å². The quantitative estimate of drug-likeness (QED) is 0.839. The second kappa shape index (κ2) is 6.04. The maximum atomic E-state index is 12.8. The zero-order valence-electron chi connectivity index (χ0n) is 12.8. The molecule has 3 rings (SSSR count). The molecule has 0 spiro atoms. The van der Waals surface area contributed by atoms with Crippen LogP contribution in [0.3, 0.4) is 0 Å². The predicted molar refractivity (Wildman–Crippen MR) is 82.3 cm³/mol. The molecular weight excluding hydrogens is 264 g/mol. The highest BCUT2D eigenvalue weighted by Gasteiger charge is 2.35. The highest BCUT2D eigenvalue weighted by atomic mass is 16.2. The molecule has 4 nitrogen and oxygen atoms in total. The van der Waals surface area contributed by atoms with Gasteiger partial charge in [-0.25, -0.2) is 0 Å². The van der Waals surface area contributed by atoms with Gasteiger partial charge in [0.25, 0.3) is 5.91 Å². The number of likely N-dealkylation sites (tertiary alicyclic amines) is 1. The summed E-state index contributed by atoms with van der Waals surface area (Å²) in [6.45, 7) is 0.864. The molecule has 0 bridgehead atoms. The second-order valence-electron chi connectivity index (χ2n) is 6.47. The Balaban J connectivity index is 1.78. The van der Waals surface area contributed by atoms with Crippen molar-refractivity contribution in [1.82, 2.24) is 9.47 Å². The van der Waals surface area contributed by atoms with Gasteiger partial charge in [0.1, 0.15) is 0 Å². The predicted octanol–water partition coefficient (Wildman–Crippen LogP) is 2.57. The van der Waals surface area contributed by atoms with Gasteiger partial charge in [-0.1, -0.05) is 19.3 Å². The van der Waals surface area contributed by atoms with Crippen molar-refractivity contribution in [2.24, 2.45) is 13.0 Å². The van der Waals surface area contributed by atoms with Crippen LogP contribution >= 0.6 is 0 Å². The van der Waals surface area contributed by atoms with Gasteiger partial charge >= 0.3 is 0 Å². The zero-order valence-corrected chi connectivity index (χ0v) is 12.8. The maximum Gasteiger partial charge on any atom is 0.255 e. The Hall–Kier alpha value is -1.58. The SMILES string of the molecule is Cn1cc(C(=O)N2CCC[C@H]2C2CCCCC2)ccc1=O. The van der Waals surface area contributed by atoms with E-state index in [0.29, 0.717) is 17.5 Å². The molecule has 2 aliphatic rings. The van der Waals surface area contributed by atoms with Crippen molar-refractivity contribution in [3.63, 3.8) is 0 Å². The van der Waals surface area contributed by atoms with Gasteiger partial charge < -0.3 is 9.47 Å². The van der Waals surface area contributed by atoms with Crippen molar-refractivity contribution in [1.29, 1.82) is 0 Å². The van der Waals surface area contributed by atoms with E-state index in [2.05, 4.69) is 4.90 Å². The van der Waals surface area contributed by atoms with Gasteiger partial charge in [-0.15, -0.1) is 0 Å². The summed E-state index contributed by atoms with van der Waals surface area (Å²) in [5.74, 6) is 0.774. The van der Waals surface area contributed by atoms with Gasteiger partial charge in [0, 0.05) is 31.9 Å². The van der Waals surface area contributed by atoms with E-state index < -0.39 is 0 Å². The van der Waals surface area contributed by atoms with Crippen LogP contribution in [0.15, 0.2) is 23.1 Å². The third-order valence-electron chi connectivity index (χ3n) is 5.09. The number of carbonyl (C=O) groups excluding carboxylic acids is 1. The van der Waals surface area contributed by atoms with E-state index in [4.69, 9.17) is 0 Å². The number of hydrogen-bond donors (Lipinski definition) is 0. The van der Waals surface area contributed by atoms with Crippen LogP contribution in [0.4, 0.5) is 0 Å². The number of aromatic nitrogens is 1. The van der Waals surface area contributed by atoms with Crippen LogP contribution in [0, 0.1) is 5.92 Å². The van der Waals surface area contributed by atoms with E-state index in [1.807, 2.05) is 0 Å². The Morgan fingerprint density at radius 2 is 1.86 bits per heavy atom. The molecule has 1 amide bonds. The average Bonchev–Trinajstić information content (AvgIpc) is 2.99. The van der Waals surface area contributed by atoms with Gasteiger partial charge in [0.2, 0.25) is 5.56 Å². The summed E-state index contributed by atoms with van der Waals surface area (Å²) < 4.78 is 1.49. The van der Waals surface area contributed by atoms with Gasteiger partial charge in [0.15, 0.2) is 0 Å². The summed E-state index contributed by atoms with van der Waals surface area (Å²) in [4.78, 5) is 26.3. The lowest BCUT2D eigenvalue weighted by atomic mass is 9.83. The highest BCUT2D eigenvalue weighted by Crippen LogP contribution is 2.34. The minimum absolute atomic E-state index is 0.0724. The largest absolute Gasteiger partial charge is 0.335 e.